The molecule has 0 spiro atoms. The first-order valence-electron chi connectivity index (χ1n) is 5.14. The van der Waals surface area contributed by atoms with Gasteiger partial charge in [-0.25, -0.2) is 18.1 Å². The largest absolute Gasteiger partial charge is 0.251 e. The second-order valence-electron chi connectivity index (χ2n) is 3.65. The van der Waals surface area contributed by atoms with Gasteiger partial charge in [0.05, 0.1) is 11.2 Å². The summed E-state index contributed by atoms with van der Waals surface area (Å²) in [5.41, 5.74) is 0.906. The van der Waals surface area contributed by atoms with Crippen molar-refractivity contribution in [2.75, 3.05) is 0 Å². The summed E-state index contributed by atoms with van der Waals surface area (Å²) in [5.74, 6) is 0. The molecule has 1 aromatic heterocycles. The van der Waals surface area contributed by atoms with E-state index in [1.807, 2.05) is 24.3 Å². The Kier molecular flexibility index (Phi) is 4.16. The highest BCUT2D eigenvalue weighted by atomic mass is 79.9. The molecule has 7 heteroatoms. The Morgan fingerprint density at radius 3 is 2.56 bits per heavy atom. The summed E-state index contributed by atoms with van der Waals surface area (Å²) in [6, 6.07) is 7.48. The molecular weight excluding hydrogens is 336 g/mol. The van der Waals surface area contributed by atoms with Crippen LogP contribution < -0.4 is 4.72 Å². The number of nitrogens with one attached hydrogen (secondary N) is 1. The molecule has 0 aliphatic carbocycles. The Morgan fingerprint density at radius 1 is 1.33 bits per heavy atom. The predicted octanol–water partition coefficient (Wildman–Crippen LogP) is 2.69. The van der Waals surface area contributed by atoms with E-state index in [-0.39, 0.29) is 10.8 Å². The van der Waals surface area contributed by atoms with Crippen LogP contribution in [0.15, 0.2) is 39.1 Å². The first-order chi connectivity index (χ1) is 8.47. The van der Waals surface area contributed by atoms with Gasteiger partial charge in [-0.3, -0.25) is 0 Å². The molecule has 1 N–H and O–H groups in total. The molecule has 0 fully saturated rings. The summed E-state index contributed by atoms with van der Waals surface area (Å²) < 4.78 is 27.6. The maximum absolute atomic E-state index is 11.9. The van der Waals surface area contributed by atoms with Crippen molar-refractivity contribution in [3.05, 3.63) is 45.5 Å². The van der Waals surface area contributed by atoms with Gasteiger partial charge < -0.3 is 0 Å². The van der Waals surface area contributed by atoms with E-state index >= 15 is 0 Å². The standard InChI is InChI=1S/C11H11BrN2O2S2/c1-8-13-7-11(17-8)18(15,16)14-6-9-2-4-10(12)5-3-9/h2-5,7,14H,6H2,1H3. The molecule has 0 saturated heterocycles. The smallest absolute Gasteiger partial charge is 0.249 e. The molecule has 0 unspecified atom stereocenters. The third kappa shape index (κ3) is 3.38. The molecule has 1 aromatic carbocycles. The summed E-state index contributed by atoms with van der Waals surface area (Å²) in [5, 5.41) is 0.735. The van der Waals surface area contributed by atoms with Crippen LogP contribution in [-0.2, 0) is 16.6 Å². The lowest BCUT2D eigenvalue weighted by Crippen LogP contribution is -2.22. The van der Waals surface area contributed by atoms with Gasteiger partial charge in [-0.1, -0.05) is 28.1 Å². The maximum Gasteiger partial charge on any atom is 0.251 e. The summed E-state index contributed by atoms with van der Waals surface area (Å²) >= 11 is 4.49. The number of nitrogens with zero attached hydrogens (tertiary/aromatic N) is 1. The minimum atomic E-state index is -3.45. The highest BCUT2D eigenvalue weighted by Gasteiger charge is 2.16. The van der Waals surface area contributed by atoms with Crippen LogP contribution in [0.4, 0.5) is 0 Å². The Morgan fingerprint density at radius 2 is 2.00 bits per heavy atom. The van der Waals surface area contributed by atoms with Crippen molar-refractivity contribution in [3.63, 3.8) is 0 Å². The normalized spacial score (nSPS) is 11.7. The van der Waals surface area contributed by atoms with Crippen molar-refractivity contribution in [2.45, 2.75) is 17.7 Å². The maximum atomic E-state index is 11.9. The number of rotatable bonds is 4. The van der Waals surface area contributed by atoms with Crippen LogP contribution in [0.1, 0.15) is 10.6 Å². The fraction of sp³-hybridized carbons (Fsp3) is 0.182. The third-order valence-corrected chi connectivity index (χ3v) is 5.55. The lowest BCUT2D eigenvalue weighted by Gasteiger charge is -2.04. The van der Waals surface area contributed by atoms with E-state index in [1.165, 1.54) is 6.20 Å². The van der Waals surface area contributed by atoms with Gasteiger partial charge in [0.15, 0.2) is 4.21 Å². The molecule has 0 aliphatic rings. The van der Waals surface area contributed by atoms with Gasteiger partial charge in [0.25, 0.3) is 10.0 Å². The molecule has 0 aliphatic heterocycles. The van der Waals surface area contributed by atoms with Crippen molar-refractivity contribution in [1.29, 1.82) is 0 Å². The van der Waals surface area contributed by atoms with Crippen molar-refractivity contribution in [2.24, 2.45) is 0 Å². The number of aromatic nitrogens is 1. The minimum absolute atomic E-state index is 0.247. The molecule has 0 radical (unpaired) electrons. The lowest BCUT2D eigenvalue weighted by molar-refractivity contribution is 0.583. The van der Waals surface area contributed by atoms with E-state index in [0.717, 1.165) is 26.4 Å². The Hall–Kier alpha value is -0.760. The van der Waals surface area contributed by atoms with Gasteiger partial charge in [-0.05, 0) is 24.6 Å². The van der Waals surface area contributed by atoms with Crippen LogP contribution in [-0.4, -0.2) is 13.4 Å². The van der Waals surface area contributed by atoms with Crippen LogP contribution in [0, 0.1) is 6.92 Å². The molecule has 0 amide bonds. The summed E-state index contributed by atoms with van der Waals surface area (Å²) in [6.07, 6.45) is 1.38. The van der Waals surface area contributed by atoms with Crippen LogP contribution in [0.3, 0.4) is 0 Å². The van der Waals surface area contributed by atoms with Crippen molar-refractivity contribution < 1.29 is 8.42 Å². The molecule has 4 nitrogen and oxygen atoms in total. The van der Waals surface area contributed by atoms with Crippen LogP contribution >= 0.6 is 27.3 Å². The number of hydrogen-bond acceptors (Lipinski definition) is 4. The minimum Gasteiger partial charge on any atom is -0.249 e. The van der Waals surface area contributed by atoms with E-state index in [0.29, 0.717) is 0 Å². The Bertz CT molecular complexity index is 635. The second kappa shape index (κ2) is 5.48. The van der Waals surface area contributed by atoms with Gasteiger partial charge in [0.1, 0.15) is 0 Å². The summed E-state index contributed by atoms with van der Waals surface area (Å²) in [7, 11) is -3.45. The zero-order chi connectivity index (χ0) is 13.2. The van der Waals surface area contributed by atoms with E-state index in [4.69, 9.17) is 0 Å². The molecule has 0 atom stereocenters. The summed E-state index contributed by atoms with van der Waals surface area (Å²) in [4.78, 5) is 3.94. The topological polar surface area (TPSA) is 59.1 Å². The molecule has 96 valence electrons. The fourth-order valence-electron chi connectivity index (χ4n) is 1.32. The third-order valence-electron chi connectivity index (χ3n) is 2.24. The highest BCUT2D eigenvalue weighted by Crippen LogP contribution is 2.18. The zero-order valence-corrected chi connectivity index (χ0v) is 12.8. The van der Waals surface area contributed by atoms with Crippen LogP contribution in [0.5, 0.6) is 0 Å². The number of aryl methyl sites for hydroxylation is 1. The molecular formula is C11H11BrN2O2S2. The SMILES string of the molecule is Cc1ncc(S(=O)(=O)NCc2ccc(Br)cc2)s1. The van der Waals surface area contributed by atoms with E-state index in [9.17, 15) is 8.42 Å². The van der Waals surface area contributed by atoms with Gasteiger partial charge in [0.2, 0.25) is 0 Å². The second-order valence-corrected chi connectivity index (χ2v) is 7.79. The Labute approximate surface area is 118 Å². The van der Waals surface area contributed by atoms with Crippen molar-refractivity contribution >= 4 is 37.3 Å². The number of benzene rings is 1. The summed E-state index contributed by atoms with van der Waals surface area (Å²) in [6.45, 7) is 2.05. The average molecular weight is 347 g/mol. The van der Waals surface area contributed by atoms with E-state index in [2.05, 4.69) is 25.6 Å². The van der Waals surface area contributed by atoms with Gasteiger partial charge in [0, 0.05) is 11.0 Å². The van der Waals surface area contributed by atoms with E-state index in [1.54, 1.807) is 6.92 Å². The molecule has 18 heavy (non-hydrogen) atoms. The van der Waals surface area contributed by atoms with Gasteiger partial charge in [-0.2, -0.15) is 0 Å². The fourth-order valence-corrected chi connectivity index (χ4v) is 3.75. The number of hydrogen-bond donors (Lipinski definition) is 1. The number of halogens is 1. The average Bonchev–Trinajstić information content (AvgIpc) is 2.76. The lowest BCUT2D eigenvalue weighted by atomic mass is 10.2. The quantitative estimate of drug-likeness (QED) is 0.925. The van der Waals surface area contributed by atoms with Crippen molar-refractivity contribution in [3.8, 4) is 0 Å². The number of thiazole rings is 1. The van der Waals surface area contributed by atoms with Crippen LogP contribution in [0.25, 0.3) is 0 Å². The molecule has 1 heterocycles. The zero-order valence-electron chi connectivity index (χ0n) is 9.55. The monoisotopic (exact) mass is 346 g/mol. The molecule has 0 bridgehead atoms. The highest BCUT2D eigenvalue weighted by molar-refractivity contribution is 9.10. The predicted molar refractivity (Wildman–Crippen MR) is 75.0 cm³/mol. The number of sulfonamides is 1. The first kappa shape index (κ1) is 13.7. The molecule has 2 aromatic rings. The molecule has 0 saturated carbocycles. The first-order valence-corrected chi connectivity index (χ1v) is 8.23. The Balaban J connectivity index is 2.08. The molecule has 2 rings (SSSR count). The van der Waals surface area contributed by atoms with Crippen molar-refractivity contribution in [1.82, 2.24) is 9.71 Å². The van der Waals surface area contributed by atoms with Gasteiger partial charge in [-0.15, -0.1) is 11.3 Å². The van der Waals surface area contributed by atoms with E-state index < -0.39 is 10.0 Å². The van der Waals surface area contributed by atoms with Crippen LogP contribution in [0.2, 0.25) is 0 Å². The van der Waals surface area contributed by atoms with Gasteiger partial charge >= 0.3 is 0 Å².